The Bertz CT molecular complexity index is 778. The average molecular weight is 379 g/mol. The summed E-state index contributed by atoms with van der Waals surface area (Å²) < 4.78 is 0. The Morgan fingerprint density at radius 3 is 1.60 bits per heavy atom. The highest BCUT2D eigenvalue weighted by Gasteiger charge is 2.20. The van der Waals surface area contributed by atoms with Crippen LogP contribution in [0.2, 0.25) is 10.0 Å². The Balaban J connectivity index is 2.50. The van der Waals surface area contributed by atoms with E-state index in [1.165, 1.54) is 0 Å². The van der Waals surface area contributed by atoms with E-state index in [4.69, 9.17) is 28.3 Å². The summed E-state index contributed by atoms with van der Waals surface area (Å²) in [5, 5.41) is 19.6. The number of hydrogen-bond acceptors (Lipinski definition) is 2. The molecule has 0 bridgehead atoms. The van der Waals surface area contributed by atoms with Crippen LogP contribution in [0.4, 0.5) is 0 Å². The Hall–Kier alpha value is -2.30. The van der Waals surface area contributed by atoms with Gasteiger partial charge in [0.2, 0.25) is 0 Å². The fourth-order valence-corrected chi connectivity index (χ4v) is 2.93. The van der Waals surface area contributed by atoms with Crippen LogP contribution in [0.5, 0.6) is 0 Å². The molecule has 0 aromatic heterocycles. The second-order valence-electron chi connectivity index (χ2n) is 5.49. The predicted molar refractivity (Wildman–Crippen MR) is 97.2 cm³/mol. The van der Waals surface area contributed by atoms with Crippen LogP contribution in [0.1, 0.15) is 17.5 Å². The van der Waals surface area contributed by atoms with Gasteiger partial charge >= 0.3 is 11.9 Å². The molecule has 0 radical (unpaired) electrons. The van der Waals surface area contributed by atoms with Gasteiger partial charge in [0.25, 0.3) is 0 Å². The quantitative estimate of drug-likeness (QED) is 0.688. The van der Waals surface area contributed by atoms with Gasteiger partial charge in [-0.2, -0.15) is 0 Å². The third-order valence-corrected chi connectivity index (χ3v) is 4.47. The maximum absolute atomic E-state index is 11.6. The monoisotopic (exact) mass is 378 g/mol. The Morgan fingerprint density at radius 2 is 1.24 bits per heavy atom. The van der Waals surface area contributed by atoms with Crippen molar-refractivity contribution in [2.45, 2.75) is 19.3 Å². The molecule has 2 aromatic rings. The third-order valence-electron chi connectivity index (χ3n) is 3.74. The molecule has 0 saturated carbocycles. The summed E-state index contributed by atoms with van der Waals surface area (Å²) in [6.07, 6.45) is -0.0980. The van der Waals surface area contributed by atoms with E-state index in [0.717, 1.165) is 11.1 Å². The van der Waals surface area contributed by atoms with Crippen LogP contribution >= 0.6 is 23.2 Å². The second kappa shape index (κ2) is 8.70. The molecule has 25 heavy (non-hydrogen) atoms. The number of hydrogen-bond donors (Lipinski definition) is 2. The van der Waals surface area contributed by atoms with Crippen LogP contribution in [-0.2, 0) is 22.4 Å². The molecule has 2 aromatic carbocycles. The standard InChI is InChI=1S/C19H16Cl2O4/c20-16-7-3-1-5-12(16)9-14(15(19(24)25)11-18(22)23)10-13-6-2-4-8-17(13)21/h1-8H,9-11H2,(H,22,23)(H,24,25). The van der Waals surface area contributed by atoms with E-state index < -0.39 is 18.4 Å². The van der Waals surface area contributed by atoms with Crippen molar-refractivity contribution in [3.63, 3.8) is 0 Å². The van der Waals surface area contributed by atoms with Crippen LogP contribution in [0, 0.1) is 0 Å². The minimum atomic E-state index is -1.25. The molecule has 0 atom stereocenters. The van der Waals surface area contributed by atoms with Gasteiger partial charge < -0.3 is 10.2 Å². The number of carbonyl (C=O) groups is 2. The van der Waals surface area contributed by atoms with E-state index in [1.807, 2.05) is 0 Å². The fourth-order valence-electron chi connectivity index (χ4n) is 2.52. The van der Waals surface area contributed by atoms with Crippen molar-refractivity contribution in [1.29, 1.82) is 0 Å². The number of benzene rings is 2. The molecule has 0 saturated heterocycles. The Labute approximate surface area is 155 Å². The first-order valence-corrected chi connectivity index (χ1v) is 8.27. The van der Waals surface area contributed by atoms with E-state index in [-0.39, 0.29) is 18.4 Å². The zero-order valence-corrected chi connectivity index (χ0v) is 14.7. The van der Waals surface area contributed by atoms with E-state index in [0.29, 0.717) is 15.6 Å². The lowest BCUT2D eigenvalue weighted by molar-refractivity contribution is -0.139. The number of allylic oxidation sites excluding steroid dienone is 1. The first-order chi connectivity index (χ1) is 11.9. The lowest BCUT2D eigenvalue weighted by Gasteiger charge is -2.14. The number of carboxylic acids is 2. The van der Waals surface area contributed by atoms with Crippen molar-refractivity contribution >= 4 is 35.1 Å². The SMILES string of the molecule is O=C(O)CC(C(=O)O)=C(Cc1ccccc1Cl)Cc1ccccc1Cl. The lowest BCUT2D eigenvalue weighted by atomic mass is 9.92. The Morgan fingerprint density at radius 1 is 0.800 bits per heavy atom. The highest BCUT2D eigenvalue weighted by atomic mass is 35.5. The molecule has 0 spiro atoms. The zero-order chi connectivity index (χ0) is 18.4. The highest BCUT2D eigenvalue weighted by molar-refractivity contribution is 6.31. The minimum absolute atomic E-state index is 0.146. The number of carboxylic acid groups (broad SMARTS) is 2. The van der Waals surface area contributed by atoms with Crippen molar-refractivity contribution in [3.05, 3.63) is 80.8 Å². The number of rotatable bonds is 7. The third kappa shape index (κ3) is 5.34. The molecule has 130 valence electrons. The molecule has 0 aliphatic heterocycles. The molecular weight excluding hydrogens is 363 g/mol. The molecule has 2 N–H and O–H groups in total. The summed E-state index contributed by atoms with van der Waals surface area (Å²) in [4.78, 5) is 22.7. The molecule has 2 rings (SSSR count). The van der Waals surface area contributed by atoms with Gasteiger partial charge in [0, 0.05) is 15.6 Å². The van der Waals surface area contributed by atoms with Gasteiger partial charge in [-0.1, -0.05) is 65.2 Å². The van der Waals surface area contributed by atoms with E-state index in [9.17, 15) is 14.7 Å². The van der Waals surface area contributed by atoms with Crippen LogP contribution in [0.25, 0.3) is 0 Å². The van der Waals surface area contributed by atoms with E-state index in [1.54, 1.807) is 48.5 Å². The molecular formula is C19H16Cl2O4. The maximum Gasteiger partial charge on any atom is 0.332 e. The largest absolute Gasteiger partial charge is 0.481 e. The summed E-state index contributed by atoms with van der Waals surface area (Å²) >= 11 is 12.4. The molecule has 6 heteroatoms. The van der Waals surface area contributed by atoms with E-state index in [2.05, 4.69) is 0 Å². The van der Waals surface area contributed by atoms with Gasteiger partial charge in [-0.3, -0.25) is 4.79 Å². The summed E-state index contributed by atoms with van der Waals surface area (Å²) in [6.45, 7) is 0. The summed E-state index contributed by atoms with van der Waals surface area (Å²) in [7, 11) is 0. The summed E-state index contributed by atoms with van der Waals surface area (Å²) in [6, 6.07) is 14.1. The average Bonchev–Trinajstić information content (AvgIpc) is 2.55. The van der Waals surface area contributed by atoms with E-state index >= 15 is 0 Å². The molecule has 0 aliphatic carbocycles. The minimum Gasteiger partial charge on any atom is -0.481 e. The Kier molecular flexibility index (Phi) is 6.62. The van der Waals surface area contributed by atoms with Crippen molar-refractivity contribution in [2.75, 3.05) is 0 Å². The predicted octanol–water partition coefficient (Wildman–Crippen LogP) is 4.63. The van der Waals surface area contributed by atoms with Crippen molar-refractivity contribution in [3.8, 4) is 0 Å². The van der Waals surface area contributed by atoms with Gasteiger partial charge in [0.15, 0.2) is 0 Å². The second-order valence-corrected chi connectivity index (χ2v) is 6.31. The molecule has 0 amide bonds. The van der Waals surface area contributed by atoms with Gasteiger partial charge in [0.05, 0.1) is 6.42 Å². The topological polar surface area (TPSA) is 74.6 Å². The van der Waals surface area contributed by atoms with Crippen molar-refractivity contribution in [2.24, 2.45) is 0 Å². The smallest absolute Gasteiger partial charge is 0.332 e. The zero-order valence-electron chi connectivity index (χ0n) is 13.2. The summed E-state index contributed by atoms with van der Waals surface area (Å²) in [5.41, 5.74) is 1.79. The normalized spacial score (nSPS) is 10.3. The van der Waals surface area contributed by atoms with Gasteiger partial charge in [0.1, 0.15) is 0 Å². The van der Waals surface area contributed by atoms with Crippen LogP contribution in [-0.4, -0.2) is 22.2 Å². The van der Waals surface area contributed by atoms with Crippen LogP contribution < -0.4 is 0 Å². The van der Waals surface area contributed by atoms with Crippen molar-refractivity contribution in [1.82, 2.24) is 0 Å². The first-order valence-electron chi connectivity index (χ1n) is 7.51. The van der Waals surface area contributed by atoms with Gasteiger partial charge in [-0.05, 0) is 36.1 Å². The molecule has 0 aliphatic rings. The lowest BCUT2D eigenvalue weighted by Crippen LogP contribution is -2.13. The molecule has 0 unspecified atom stereocenters. The number of aliphatic carboxylic acids is 2. The van der Waals surface area contributed by atoms with Crippen LogP contribution in [0.15, 0.2) is 59.7 Å². The molecule has 0 heterocycles. The maximum atomic E-state index is 11.6. The van der Waals surface area contributed by atoms with Gasteiger partial charge in [-0.15, -0.1) is 0 Å². The van der Waals surface area contributed by atoms with Crippen molar-refractivity contribution < 1.29 is 19.8 Å². The van der Waals surface area contributed by atoms with Gasteiger partial charge in [-0.25, -0.2) is 4.79 Å². The first kappa shape index (κ1) is 19.0. The summed E-state index contributed by atoms with van der Waals surface area (Å²) in [5.74, 6) is -2.45. The highest BCUT2D eigenvalue weighted by Crippen LogP contribution is 2.26. The van der Waals surface area contributed by atoms with Crippen LogP contribution in [0.3, 0.4) is 0 Å². The molecule has 0 fully saturated rings. The molecule has 4 nitrogen and oxygen atoms in total. The fraction of sp³-hybridized carbons (Fsp3) is 0.158. The number of halogens is 2.